The number of thioether (sulfide) groups is 1. The van der Waals surface area contributed by atoms with Gasteiger partial charge < -0.3 is 5.73 Å². The molecule has 2 aromatic rings. The Bertz CT molecular complexity index is 644. The first kappa shape index (κ1) is 14.2. The Morgan fingerprint density at radius 2 is 1.86 bits per heavy atom. The van der Waals surface area contributed by atoms with E-state index >= 15 is 0 Å². The summed E-state index contributed by atoms with van der Waals surface area (Å²) in [6, 6.07) is 18.1. The van der Waals surface area contributed by atoms with Crippen molar-refractivity contribution in [3.05, 3.63) is 65.7 Å². The van der Waals surface area contributed by atoms with Gasteiger partial charge in [-0.25, -0.2) is 0 Å². The highest BCUT2D eigenvalue weighted by Gasteiger charge is 2.41. The quantitative estimate of drug-likeness (QED) is 0.912. The van der Waals surface area contributed by atoms with Crippen LogP contribution in [0.2, 0.25) is 0 Å². The number of amides is 1. The Morgan fingerprint density at radius 1 is 1.14 bits per heavy atom. The summed E-state index contributed by atoms with van der Waals surface area (Å²) in [5, 5.41) is 3.42. The third-order valence-corrected chi connectivity index (χ3v) is 5.01. The SMILES string of the molecule is NC(=O)C1(NCc2ccccc2)CCSc2ccccc21. The normalized spacial score (nSPS) is 20.8. The van der Waals surface area contributed by atoms with Gasteiger partial charge in [0.15, 0.2) is 0 Å². The molecule has 3 N–H and O–H groups in total. The van der Waals surface area contributed by atoms with Crippen LogP contribution in [0.5, 0.6) is 0 Å². The van der Waals surface area contributed by atoms with Crippen molar-refractivity contribution in [3.63, 3.8) is 0 Å². The summed E-state index contributed by atoms with van der Waals surface area (Å²) in [6.07, 6.45) is 0.719. The fourth-order valence-corrected chi connectivity index (χ4v) is 3.97. The molecule has 0 aromatic heterocycles. The number of benzene rings is 2. The van der Waals surface area contributed by atoms with Gasteiger partial charge in [-0.15, -0.1) is 11.8 Å². The van der Waals surface area contributed by atoms with Gasteiger partial charge >= 0.3 is 0 Å². The molecule has 3 rings (SSSR count). The summed E-state index contributed by atoms with van der Waals surface area (Å²) in [7, 11) is 0. The molecule has 1 unspecified atom stereocenters. The second-order valence-electron chi connectivity index (χ2n) is 5.20. The van der Waals surface area contributed by atoms with E-state index in [1.807, 2.05) is 48.5 Å². The lowest BCUT2D eigenvalue weighted by atomic mass is 9.85. The predicted octanol–water partition coefficient (Wildman–Crippen LogP) is 2.65. The number of carbonyl (C=O) groups is 1. The van der Waals surface area contributed by atoms with Crippen LogP contribution in [0.1, 0.15) is 17.5 Å². The molecule has 1 aliphatic heterocycles. The van der Waals surface area contributed by atoms with Crippen LogP contribution in [0.4, 0.5) is 0 Å². The molecule has 0 aliphatic carbocycles. The van der Waals surface area contributed by atoms with E-state index in [2.05, 4.69) is 11.4 Å². The zero-order chi connectivity index (χ0) is 14.7. The lowest BCUT2D eigenvalue weighted by Crippen LogP contribution is -2.54. The highest BCUT2D eigenvalue weighted by atomic mass is 32.2. The van der Waals surface area contributed by atoms with Gasteiger partial charge in [0, 0.05) is 17.2 Å². The summed E-state index contributed by atoms with van der Waals surface area (Å²) in [4.78, 5) is 13.4. The number of nitrogens with one attached hydrogen (secondary N) is 1. The molecule has 0 radical (unpaired) electrons. The van der Waals surface area contributed by atoms with Crippen LogP contribution in [0.3, 0.4) is 0 Å². The number of rotatable bonds is 4. The third-order valence-electron chi connectivity index (χ3n) is 3.94. The first-order valence-electron chi connectivity index (χ1n) is 7.03. The van der Waals surface area contributed by atoms with Crippen LogP contribution < -0.4 is 11.1 Å². The minimum atomic E-state index is -0.766. The van der Waals surface area contributed by atoms with Crippen molar-refractivity contribution in [2.24, 2.45) is 5.73 Å². The molecule has 4 heteroatoms. The maximum absolute atomic E-state index is 12.2. The molecule has 1 aliphatic rings. The molecule has 1 amide bonds. The number of fused-ring (bicyclic) bond motifs is 1. The van der Waals surface area contributed by atoms with Crippen LogP contribution >= 0.6 is 11.8 Å². The molecule has 2 aromatic carbocycles. The molecule has 21 heavy (non-hydrogen) atoms. The minimum absolute atomic E-state index is 0.300. The summed E-state index contributed by atoms with van der Waals surface area (Å²) in [5.41, 5.74) is 7.16. The number of hydrogen-bond acceptors (Lipinski definition) is 3. The highest BCUT2D eigenvalue weighted by molar-refractivity contribution is 7.99. The van der Waals surface area contributed by atoms with E-state index in [1.54, 1.807) is 11.8 Å². The predicted molar refractivity (Wildman–Crippen MR) is 85.9 cm³/mol. The Morgan fingerprint density at radius 3 is 2.62 bits per heavy atom. The van der Waals surface area contributed by atoms with Crippen LogP contribution in [0.15, 0.2) is 59.5 Å². The number of nitrogens with two attached hydrogens (primary N) is 1. The number of hydrogen-bond donors (Lipinski definition) is 2. The monoisotopic (exact) mass is 298 g/mol. The summed E-state index contributed by atoms with van der Waals surface area (Å²) >= 11 is 1.78. The summed E-state index contributed by atoms with van der Waals surface area (Å²) < 4.78 is 0. The molecule has 0 bridgehead atoms. The largest absolute Gasteiger partial charge is 0.368 e. The van der Waals surface area contributed by atoms with E-state index in [4.69, 9.17) is 5.73 Å². The first-order chi connectivity index (χ1) is 10.2. The van der Waals surface area contributed by atoms with Crippen molar-refractivity contribution in [3.8, 4) is 0 Å². The zero-order valence-electron chi connectivity index (χ0n) is 11.7. The van der Waals surface area contributed by atoms with Crippen LogP contribution in [0, 0.1) is 0 Å². The second-order valence-corrected chi connectivity index (χ2v) is 6.34. The van der Waals surface area contributed by atoms with Crippen molar-refractivity contribution < 1.29 is 4.79 Å². The lowest BCUT2D eigenvalue weighted by Gasteiger charge is -2.37. The number of primary amides is 1. The Hall–Kier alpha value is -1.78. The van der Waals surface area contributed by atoms with Gasteiger partial charge in [0.05, 0.1) is 0 Å². The van der Waals surface area contributed by atoms with Gasteiger partial charge in [-0.2, -0.15) is 0 Å². The Kier molecular flexibility index (Phi) is 3.99. The minimum Gasteiger partial charge on any atom is -0.368 e. The Labute approximate surface area is 128 Å². The van der Waals surface area contributed by atoms with Gasteiger partial charge in [-0.1, -0.05) is 48.5 Å². The van der Waals surface area contributed by atoms with Gasteiger partial charge in [-0.05, 0) is 23.6 Å². The standard InChI is InChI=1S/C17H18N2OS/c18-16(20)17(19-12-13-6-2-1-3-7-13)10-11-21-15-9-5-4-8-14(15)17/h1-9,19H,10-12H2,(H2,18,20). The number of carbonyl (C=O) groups excluding carboxylic acids is 1. The summed E-state index contributed by atoms with van der Waals surface area (Å²) in [6.45, 7) is 0.628. The van der Waals surface area contributed by atoms with E-state index < -0.39 is 5.54 Å². The molecule has 0 spiro atoms. The molecular weight excluding hydrogens is 280 g/mol. The van der Waals surface area contributed by atoms with Gasteiger partial charge in [0.1, 0.15) is 5.54 Å². The van der Waals surface area contributed by atoms with Crippen LogP contribution in [-0.2, 0) is 16.9 Å². The molecular formula is C17H18N2OS. The van der Waals surface area contributed by atoms with E-state index in [1.165, 1.54) is 0 Å². The molecule has 1 atom stereocenters. The second kappa shape index (κ2) is 5.92. The highest BCUT2D eigenvalue weighted by Crippen LogP contribution is 2.40. The molecule has 0 saturated heterocycles. The average Bonchev–Trinajstić information content (AvgIpc) is 2.53. The molecule has 3 nitrogen and oxygen atoms in total. The van der Waals surface area contributed by atoms with Gasteiger partial charge in [0.2, 0.25) is 5.91 Å². The van der Waals surface area contributed by atoms with Gasteiger partial charge in [0.25, 0.3) is 0 Å². The molecule has 1 heterocycles. The third kappa shape index (κ3) is 2.69. The zero-order valence-corrected chi connectivity index (χ0v) is 12.5. The van der Waals surface area contributed by atoms with Crippen LogP contribution in [0.25, 0.3) is 0 Å². The van der Waals surface area contributed by atoms with Crippen molar-refractivity contribution >= 4 is 17.7 Å². The lowest BCUT2D eigenvalue weighted by molar-refractivity contribution is -0.125. The maximum atomic E-state index is 12.2. The van der Waals surface area contributed by atoms with E-state index in [0.29, 0.717) is 6.54 Å². The van der Waals surface area contributed by atoms with E-state index in [9.17, 15) is 4.79 Å². The summed E-state index contributed by atoms with van der Waals surface area (Å²) in [5.74, 6) is 0.591. The Balaban J connectivity index is 1.93. The molecule has 0 fully saturated rings. The van der Waals surface area contributed by atoms with Gasteiger partial charge in [-0.3, -0.25) is 10.1 Å². The van der Waals surface area contributed by atoms with Crippen molar-refractivity contribution in [1.82, 2.24) is 5.32 Å². The van der Waals surface area contributed by atoms with Crippen molar-refractivity contribution in [2.75, 3.05) is 5.75 Å². The van der Waals surface area contributed by atoms with E-state index in [0.717, 1.165) is 28.2 Å². The fourth-order valence-electron chi connectivity index (χ4n) is 2.77. The smallest absolute Gasteiger partial charge is 0.242 e. The van der Waals surface area contributed by atoms with Crippen molar-refractivity contribution in [2.45, 2.75) is 23.4 Å². The maximum Gasteiger partial charge on any atom is 0.242 e. The topological polar surface area (TPSA) is 55.1 Å². The first-order valence-corrected chi connectivity index (χ1v) is 8.02. The molecule has 0 saturated carbocycles. The van der Waals surface area contributed by atoms with E-state index in [-0.39, 0.29) is 5.91 Å². The fraction of sp³-hybridized carbons (Fsp3) is 0.235. The van der Waals surface area contributed by atoms with Crippen LogP contribution in [-0.4, -0.2) is 11.7 Å². The molecule has 108 valence electrons. The average molecular weight is 298 g/mol. The van der Waals surface area contributed by atoms with Crippen molar-refractivity contribution in [1.29, 1.82) is 0 Å².